The molecule has 1 fully saturated rings. The maximum atomic E-state index is 11.0. The number of hydrogen-bond acceptors (Lipinski definition) is 4. The molecule has 5 nitrogen and oxygen atoms in total. The van der Waals surface area contributed by atoms with Gasteiger partial charge in [-0.25, -0.2) is 4.98 Å². The van der Waals surface area contributed by atoms with Gasteiger partial charge in [0.05, 0.1) is 6.42 Å². The fourth-order valence-electron chi connectivity index (χ4n) is 2.14. The summed E-state index contributed by atoms with van der Waals surface area (Å²) in [5, 5.41) is 0. The van der Waals surface area contributed by atoms with Crippen molar-refractivity contribution in [3.63, 3.8) is 0 Å². The summed E-state index contributed by atoms with van der Waals surface area (Å²) >= 11 is 0. The zero-order valence-corrected chi connectivity index (χ0v) is 11.0. The first-order valence-electron chi connectivity index (χ1n) is 6.23. The van der Waals surface area contributed by atoms with Crippen LogP contribution in [0.2, 0.25) is 0 Å². The third-order valence-electron chi connectivity index (χ3n) is 3.39. The van der Waals surface area contributed by atoms with Crippen LogP contribution >= 0.6 is 0 Å². The zero-order chi connectivity index (χ0) is 13.1. The number of amides is 1. The Labute approximate surface area is 108 Å². The van der Waals surface area contributed by atoms with Crippen LogP contribution in [0.1, 0.15) is 11.1 Å². The molecular formula is C13H20N4O. The SMILES string of the molecule is Cc1cnc(N2CCN(C)CC2)cc1CC(N)=O. The summed E-state index contributed by atoms with van der Waals surface area (Å²) in [5.41, 5.74) is 7.26. The average molecular weight is 248 g/mol. The highest BCUT2D eigenvalue weighted by Crippen LogP contribution is 2.17. The number of anilines is 1. The number of rotatable bonds is 3. The van der Waals surface area contributed by atoms with Gasteiger partial charge in [0.15, 0.2) is 0 Å². The second-order valence-electron chi connectivity index (χ2n) is 4.90. The highest BCUT2D eigenvalue weighted by Gasteiger charge is 2.16. The molecule has 2 heterocycles. The number of aromatic nitrogens is 1. The maximum absolute atomic E-state index is 11.0. The molecular weight excluding hydrogens is 228 g/mol. The van der Waals surface area contributed by atoms with Crippen LogP contribution in [0.4, 0.5) is 5.82 Å². The van der Waals surface area contributed by atoms with Crippen molar-refractivity contribution in [3.8, 4) is 0 Å². The lowest BCUT2D eigenvalue weighted by Crippen LogP contribution is -2.44. The average Bonchev–Trinajstić information content (AvgIpc) is 2.32. The Balaban J connectivity index is 2.16. The molecule has 0 radical (unpaired) electrons. The fourth-order valence-corrected chi connectivity index (χ4v) is 2.14. The van der Waals surface area contributed by atoms with Crippen molar-refractivity contribution in [1.29, 1.82) is 0 Å². The van der Waals surface area contributed by atoms with E-state index in [-0.39, 0.29) is 12.3 Å². The van der Waals surface area contributed by atoms with Crippen LogP contribution in [0.5, 0.6) is 0 Å². The summed E-state index contributed by atoms with van der Waals surface area (Å²) in [7, 11) is 2.12. The predicted molar refractivity (Wildman–Crippen MR) is 71.6 cm³/mol. The molecule has 1 aliphatic rings. The molecule has 1 aromatic rings. The largest absolute Gasteiger partial charge is 0.369 e. The molecule has 0 aromatic carbocycles. The molecule has 1 aromatic heterocycles. The maximum Gasteiger partial charge on any atom is 0.221 e. The number of likely N-dealkylation sites (N-methyl/N-ethyl adjacent to an activating group) is 1. The number of nitrogens with two attached hydrogens (primary N) is 1. The van der Waals surface area contributed by atoms with Gasteiger partial charge in [-0.15, -0.1) is 0 Å². The molecule has 5 heteroatoms. The normalized spacial score (nSPS) is 16.9. The Bertz CT molecular complexity index is 439. The van der Waals surface area contributed by atoms with Gasteiger partial charge in [0.25, 0.3) is 0 Å². The molecule has 0 bridgehead atoms. The van der Waals surface area contributed by atoms with E-state index < -0.39 is 0 Å². The van der Waals surface area contributed by atoms with E-state index in [1.165, 1.54) is 0 Å². The lowest BCUT2D eigenvalue weighted by molar-refractivity contribution is -0.117. The summed E-state index contributed by atoms with van der Waals surface area (Å²) in [6.07, 6.45) is 2.11. The molecule has 2 N–H and O–H groups in total. The minimum atomic E-state index is -0.298. The van der Waals surface area contributed by atoms with E-state index in [2.05, 4.69) is 21.8 Å². The van der Waals surface area contributed by atoms with Crippen LogP contribution in [0.3, 0.4) is 0 Å². The van der Waals surface area contributed by atoms with E-state index in [1.807, 2.05) is 19.2 Å². The number of aryl methyl sites for hydroxylation is 1. The number of piperazine rings is 1. The standard InChI is InChI=1S/C13H20N4O/c1-10-9-15-13(8-11(10)7-12(14)18)17-5-3-16(2)4-6-17/h8-9H,3-7H2,1-2H3,(H2,14,18). The van der Waals surface area contributed by atoms with Crippen molar-refractivity contribution in [2.45, 2.75) is 13.3 Å². The molecule has 0 spiro atoms. The molecule has 1 saturated heterocycles. The molecule has 0 atom stereocenters. The van der Waals surface area contributed by atoms with Crippen LogP contribution in [-0.4, -0.2) is 49.0 Å². The molecule has 0 unspecified atom stereocenters. The lowest BCUT2D eigenvalue weighted by Gasteiger charge is -2.33. The second-order valence-corrected chi connectivity index (χ2v) is 4.90. The smallest absolute Gasteiger partial charge is 0.221 e. The van der Waals surface area contributed by atoms with Gasteiger partial charge in [0.2, 0.25) is 5.91 Å². The highest BCUT2D eigenvalue weighted by molar-refractivity contribution is 5.77. The second kappa shape index (κ2) is 5.35. The fraction of sp³-hybridized carbons (Fsp3) is 0.538. The van der Waals surface area contributed by atoms with E-state index in [1.54, 1.807) is 0 Å². The van der Waals surface area contributed by atoms with Crippen molar-refractivity contribution in [1.82, 2.24) is 9.88 Å². The van der Waals surface area contributed by atoms with Gasteiger partial charge in [0.1, 0.15) is 5.82 Å². The minimum Gasteiger partial charge on any atom is -0.369 e. The van der Waals surface area contributed by atoms with Crippen LogP contribution in [0.15, 0.2) is 12.3 Å². The van der Waals surface area contributed by atoms with Crippen LogP contribution in [-0.2, 0) is 11.2 Å². The quantitative estimate of drug-likeness (QED) is 0.828. The molecule has 98 valence electrons. The summed E-state index contributed by atoms with van der Waals surface area (Å²) in [5.74, 6) is 0.651. The van der Waals surface area contributed by atoms with Crippen molar-refractivity contribution < 1.29 is 4.79 Å². The zero-order valence-electron chi connectivity index (χ0n) is 11.0. The van der Waals surface area contributed by atoms with Crippen LogP contribution in [0, 0.1) is 6.92 Å². The van der Waals surface area contributed by atoms with Crippen molar-refractivity contribution in [2.75, 3.05) is 38.1 Å². The molecule has 1 aliphatic heterocycles. The molecule has 18 heavy (non-hydrogen) atoms. The topological polar surface area (TPSA) is 62.5 Å². The van der Waals surface area contributed by atoms with E-state index in [4.69, 9.17) is 5.73 Å². The van der Waals surface area contributed by atoms with Crippen molar-refractivity contribution >= 4 is 11.7 Å². The minimum absolute atomic E-state index is 0.287. The number of primary amides is 1. The monoisotopic (exact) mass is 248 g/mol. The van der Waals surface area contributed by atoms with Gasteiger partial charge >= 0.3 is 0 Å². The first-order chi connectivity index (χ1) is 8.56. The molecule has 0 saturated carbocycles. The number of hydrogen-bond donors (Lipinski definition) is 1. The van der Waals surface area contributed by atoms with Crippen LogP contribution < -0.4 is 10.6 Å². The number of pyridine rings is 1. The Kier molecular flexibility index (Phi) is 3.81. The Morgan fingerprint density at radius 2 is 2.06 bits per heavy atom. The first kappa shape index (κ1) is 12.8. The lowest BCUT2D eigenvalue weighted by atomic mass is 10.1. The predicted octanol–water partition coefficient (Wildman–Crippen LogP) is 0.170. The molecule has 0 aliphatic carbocycles. The number of carbonyl (C=O) groups is 1. The Morgan fingerprint density at radius 1 is 1.39 bits per heavy atom. The Morgan fingerprint density at radius 3 is 2.67 bits per heavy atom. The Hall–Kier alpha value is -1.62. The summed E-state index contributed by atoms with van der Waals surface area (Å²) in [4.78, 5) is 20.0. The third kappa shape index (κ3) is 2.98. The first-order valence-corrected chi connectivity index (χ1v) is 6.23. The van der Waals surface area contributed by atoms with Crippen LogP contribution in [0.25, 0.3) is 0 Å². The summed E-state index contributed by atoms with van der Waals surface area (Å²) < 4.78 is 0. The van der Waals surface area contributed by atoms with Crippen molar-refractivity contribution in [3.05, 3.63) is 23.4 Å². The van der Waals surface area contributed by atoms with E-state index >= 15 is 0 Å². The van der Waals surface area contributed by atoms with Gasteiger partial charge in [-0.2, -0.15) is 0 Å². The van der Waals surface area contributed by atoms with Gasteiger partial charge in [-0.05, 0) is 31.2 Å². The van der Waals surface area contributed by atoms with Gasteiger partial charge < -0.3 is 15.5 Å². The van der Waals surface area contributed by atoms with Gasteiger partial charge in [0, 0.05) is 32.4 Å². The number of nitrogens with zero attached hydrogens (tertiary/aromatic N) is 3. The van der Waals surface area contributed by atoms with Gasteiger partial charge in [-0.1, -0.05) is 0 Å². The highest BCUT2D eigenvalue weighted by atomic mass is 16.1. The molecule has 1 amide bonds. The third-order valence-corrected chi connectivity index (χ3v) is 3.39. The number of carbonyl (C=O) groups excluding carboxylic acids is 1. The van der Waals surface area contributed by atoms with Gasteiger partial charge in [-0.3, -0.25) is 4.79 Å². The van der Waals surface area contributed by atoms with E-state index in [9.17, 15) is 4.79 Å². The van der Waals surface area contributed by atoms with E-state index in [0.717, 1.165) is 43.1 Å². The van der Waals surface area contributed by atoms with Crippen molar-refractivity contribution in [2.24, 2.45) is 5.73 Å². The molecule has 2 rings (SSSR count). The summed E-state index contributed by atoms with van der Waals surface area (Å²) in [6, 6.07) is 1.99. The van der Waals surface area contributed by atoms with E-state index in [0.29, 0.717) is 0 Å². The summed E-state index contributed by atoms with van der Waals surface area (Å²) in [6.45, 7) is 5.99.